The molecule has 0 spiro atoms. The number of nitrogens with one attached hydrogen (secondary N) is 1. The number of aryl methyl sites for hydroxylation is 1. The summed E-state index contributed by atoms with van der Waals surface area (Å²) in [7, 11) is 2.35. The molecule has 0 aliphatic carbocycles. The Kier molecular flexibility index (Phi) is 6.09. The van der Waals surface area contributed by atoms with Crippen LogP contribution < -0.4 is 18.9 Å². The molecule has 3 aromatic rings. The fourth-order valence-corrected chi connectivity index (χ4v) is 4.33. The van der Waals surface area contributed by atoms with Crippen LogP contribution in [0.2, 0.25) is 0 Å². The van der Waals surface area contributed by atoms with Crippen molar-refractivity contribution >= 4 is 10.0 Å². The molecule has 0 aliphatic rings. The summed E-state index contributed by atoms with van der Waals surface area (Å²) in [4.78, 5) is 4.39. The number of hydrogen-bond donors (Lipinski definition) is 1. The molecule has 1 unspecified atom stereocenters. The second-order valence-corrected chi connectivity index (χ2v) is 7.93. The highest BCUT2D eigenvalue weighted by Gasteiger charge is 2.28. The molecule has 1 N–H and O–H groups in total. The molecular weight excluding hydrogens is 394 g/mol. The van der Waals surface area contributed by atoms with E-state index in [0.29, 0.717) is 22.9 Å². The molecule has 0 aliphatic heterocycles. The number of aromatic nitrogens is 2. The van der Waals surface area contributed by atoms with Crippen LogP contribution in [0.15, 0.2) is 59.8 Å². The normalized spacial score (nSPS) is 12.4. The Morgan fingerprint density at radius 2 is 1.66 bits per heavy atom. The van der Waals surface area contributed by atoms with Gasteiger partial charge in [0.05, 0.1) is 21.3 Å². The summed E-state index contributed by atoms with van der Waals surface area (Å²) in [5, 5.41) is 0. The minimum atomic E-state index is -3.94. The first-order chi connectivity index (χ1) is 13.9. The van der Waals surface area contributed by atoms with Gasteiger partial charge in [-0.15, -0.1) is 0 Å². The second-order valence-electron chi connectivity index (χ2n) is 6.25. The molecule has 154 valence electrons. The summed E-state index contributed by atoms with van der Waals surface area (Å²) in [6.45, 7) is 0. The van der Waals surface area contributed by atoms with Crippen molar-refractivity contribution in [1.82, 2.24) is 14.3 Å². The van der Waals surface area contributed by atoms with Crippen molar-refractivity contribution in [2.24, 2.45) is 7.05 Å². The molecule has 29 heavy (non-hydrogen) atoms. The third-order valence-electron chi connectivity index (χ3n) is 4.46. The van der Waals surface area contributed by atoms with Crippen LogP contribution in [0.5, 0.6) is 17.2 Å². The molecule has 0 saturated carbocycles. The van der Waals surface area contributed by atoms with E-state index < -0.39 is 16.1 Å². The summed E-state index contributed by atoms with van der Waals surface area (Å²) >= 11 is 0. The maximum Gasteiger partial charge on any atom is 0.245 e. The SMILES string of the molecule is COc1cc(OC)cc(C(NS(=O)(=O)c2ccccc2OC)c2nccn2C)c1. The van der Waals surface area contributed by atoms with E-state index >= 15 is 0 Å². The Labute approximate surface area is 170 Å². The average molecular weight is 417 g/mol. The fraction of sp³-hybridized carbons (Fsp3) is 0.250. The molecule has 0 fully saturated rings. The van der Waals surface area contributed by atoms with E-state index in [1.165, 1.54) is 27.4 Å². The quantitative estimate of drug-likeness (QED) is 0.606. The van der Waals surface area contributed by atoms with Gasteiger partial charge in [0.15, 0.2) is 0 Å². The predicted octanol–water partition coefficient (Wildman–Crippen LogP) is 2.51. The highest BCUT2D eigenvalue weighted by molar-refractivity contribution is 7.89. The topological polar surface area (TPSA) is 91.7 Å². The van der Waals surface area contributed by atoms with Crippen molar-refractivity contribution < 1.29 is 22.6 Å². The minimum absolute atomic E-state index is 0.0385. The number of methoxy groups -OCH3 is 3. The zero-order valence-electron chi connectivity index (χ0n) is 16.6. The van der Waals surface area contributed by atoms with Gasteiger partial charge in [-0.1, -0.05) is 12.1 Å². The third-order valence-corrected chi connectivity index (χ3v) is 5.92. The van der Waals surface area contributed by atoms with Gasteiger partial charge in [-0.3, -0.25) is 0 Å². The summed E-state index contributed by atoms with van der Waals surface area (Å²) in [6.07, 6.45) is 3.36. The van der Waals surface area contributed by atoms with Gasteiger partial charge in [0.25, 0.3) is 0 Å². The zero-order valence-corrected chi connectivity index (χ0v) is 17.4. The molecule has 0 radical (unpaired) electrons. The molecule has 1 heterocycles. The van der Waals surface area contributed by atoms with Gasteiger partial charge >= 0.3 is 0 Å². The van der Waals surface area contributed by atoms with E-state index in [9.17, 15) is 8.42 Å². The molecule has 9 heteroatoms. The highest BCUT2D eigenvalue weighted by atomic mass is 32.2. The lowest BCUT2D eigenvalue weighted by atomic mass is 10.1. The number of benzene rings is 2. The van der Waals surface area contributed by atoms with Gasteiger partial charge in [0.2, 0.25) is 10.0 Å². The van der Waals surface area contributed by atoms with Crippen molar-refractivity contribution in [3.05, 3.63) is 66.2 Å². The summed E-state index contributed by atoms with van der Waals surface area (Å²) < 4.78 is 46.8. The van der Waals surface area contributed by atoms with Gasteiger partial charge in [0, 0.05) is 25.5 Å². The molecule has 1 aromatic heterocycles. The highest BCUT2D eigenvalue weighted by Crippen LogP contribution is 2.32. The van der Waals surface area contributed by atoms with E-state index in [0.717, 1.165) is 0 Å². The van der Waals surface area contributed by atoms with Crippen molar-refractivity contribution in [2.75, 3.05) is 21.3 Å². The smallest absolute Gasteiger partial charge is 0.245 e. The number of sulfonamides is 1. The minimum Gasteiger partial charge on any atom is -0.497 e. The Morgan fingerprint density at radius 3 is 2.21 bits per heavy atom. The second kappa shape index (κ2) is 8.54. The molecule has 0 amide bonds. The van der Waals surface area contributed by atoms with Gasteiger partial charge in [-0.2, -0.15) is 4.72 Å². The lowest BCUT2D eigenvalue weighted by Crippen LogP contribution is -2.31. The standard InChI is InChI=1S/C20H23N3O5S/c1-23-10-9-21-20(23)19(14-11-15(26-2)13-16(12-14)27-3)22-29(24,25)18-8-6-5-7-17(18)28-4/h5-13,19,22H,1-4H3. The van der Waals surface area contributed by atoms with Gasteiger partial charge in [0.1, 0.15) is 34.0 Å². The molecule has 0 bridgehead atoms. The number of para-hydroxylation sites is 1. The maximum absolute atomic E-state index is 13.2. The first kappa shape index (κ1) is 20.7. The zero-order chi connectivity index (χ0) is 21.0. The van der Waals surface area contributed by atoms with E-state index in [1.54, 1.807) is 60.4 Å². The van der Waals surface area contributed by atoms with Crippen molar-refractivity contribution in [2.45, 2.75) is 10.9 Å². The van der Waals surface area contributed by atoms with Gasteiger partial charge in [-0.05, 0) is 29.8 Å². The van der Waals surface area contributed by atoms with Crippen LogP contribution in [0, 0.1) is 0 Å². The van der Waals surface area contributed by atoms with Crippen LogP contribution in [-0.2, 0) is 17.1 Å². The summed E-state index contributed by atoms with van der Waals surface area (Å²) in [5.41, 5.74) is 0.619. The van der Waals surface area contributed by atoms with Crippen LogP contribution in [0.25, 0.3) is 0 Å². The van der Waals surface area contributed by atoms with Crippen molar-refractivity contribution in [3.8, 4) is 17.2 Å². The van der Waals surface area contributed by atoms with Crippen LogP contribution in [0.4, 0.5) is 0 Å². The number of nitrogens with zero attached hydrogens (tertiary/aromatic N) is 2. The lowest BCUT2D eigenvalue weighted by molar-refractivity contribution is 0.392. The lowest BCUT2D eigenvalue weighted by Gasteiger charge is -2.21. The predicted molar refractivity (Wildman–Crippen MR) is 108 cm³/mol. The number of rotatable bonds is 8. The average Bonchev–Trinajstić information content (AvgIpc) is 3.17. The molecule has 0 saturated heterocycles. The Balaban J connectivity index is 2.12. The number of hydrogen-bond acceptors (Lipinski definition) is 6. The largest absolute Gasteiger partial charge is 0.497 e. The van der Waals surface area contributed by atoms with Crippen molar-refractivity contribution in [3.63, 3.8) is 0 Å². The van der Waals surface area contributed by atoms with Crippen LogP contribution in [-0.4, -0.2) is 39.3 Å². The van der Waals surface area contributed by atoms with Crippen LogP contribution in [0.1, 0.15) is 17.4 Å². The Bertz CT molecular complexity index is 1070. The van der Waals surface area contributed by atoms with E-state index in [2.05, 4.69) is 9.71 Å². The maximum atomic E-state index is 13.2. The fourth-order valence-electron chi connectivity index (χ4n) is 2.98. The monoisotopic (exact) mass is 417 g/mol. The summed E-state index contributed by atoms with van der Waals surface area (Å²) in [6, 6.07) is 10.9. The summed E-state index contributed by atoms with van der Waals surface area (Å²) in [5.74, 6) is 1.84. The van der Waals surface area contributed by atoms with Gasteiger partial charge < -0.3 is 18.8 Å². The molecule has 3 rings (SSSR count). The first-order valence-electron chi connectivity index (χ1n) is 8.75. The number of ether oxygens (including phenoxy) is 3. The van der Waals surface area contributed by atoms with Crippen LogP contribution in [0.3, 0.4) is 0 Å². The molecular formula is C20H23N3O5S. The Hall–Kier alpha value is -3.04. The number of imidazole rings is 1. The van der Waals surface area contributed by atoms with Crippen molar-refractivity contribution in [1.29, 1.82) is 0 Å². The van der Waals surface area contributed by atoms with E-state index in [1.807, 2.05) is 0 Å². The first-order valence-corrected chi connectivity index (χ1v) is 10.2. The third kappa shape index (κ3) is 4.36. The van der Waals surface area contributed by atoms with E-state index in [-0.39, 0.29) is 10.6 Å². The van der Waals surface area contributed by atoms with Crippen LogP contribution >= 0.6 is 0 Å². The van der Waals surface area contributed by atoms with E-state index in [4.69, 9.17) is 14.2 Å². The molecule has 1 atom stereocenters. The Morgan fingerprint density at radius 1 is 1.00 bits per heavy atom. The van der Waals surface area contributed by atoms with Gasteiger partial charge in [-0.25, -0.2) is 13.4 Å². The molecule has 2 aromatic carbocycles. The molecule has 8 nitrogen and oxygen atoms in total.